The van der Waals surface area contributed by atoms with Gasteiger partial charge in [0, 0.05) is 22.8 Å². The Morgan fingerprint density at radius 3 is 2.62 bits per heavy atom. The molecule has 0 saturated heterocycles. The largest absolute Gasteiger partial charge is 0.360 e. The van der Waals surface area contributed by atoms with Crippen molar-refractivity contribution < 1.29 is 4.79 Å². The van der Waals surface area contributed by atoms with Gasteiger partial charge in [0.1, 0.15) is 0 Å². The molecule has 3 nitrogen and oxygen atoms in total. The number of nitrogens with one attached hydrogen (secondary N) is 2. The highest BCUT2D eigenvalue weighted by Crippen LogP contribution is 2.19. The number of carbonyl (C=O) groups is 1. The first-order valence-electron chi connectivity index (χ1n) is 7.24. The number of rotatable bonds is 4. The summed E-state index contributed by atoms with van der Waals surface area (Å²) >= 11 is 0. The summed E-state index contributed by atoms with van der Waals surface area (Å²) in [4.78, 5) is 15.5. The van der Waals surface area contributed by atoms with E-state index in [9.17, 15) is 4.79 Å². The van der Waals surface area contributed by atoms with Gasteiger partial charge in [-0.2, -0.15) is 0 Å². The van der Waals surface area contributed by atoms with Crippen LogP contribution >= 0.6 is 0 Å². The number of anilines is 1. The van der Waals surface area contributed by atoms with Crippen LogP contribution in [0.3, 0.4) is 0 Å². The summed E-state index contributed by atoms with van der Waals surface area (Å²) in [5.74, 6) is -0.0873. The molecule has 0 atom stereocenters. The fourth-order valence-corrected chi connectivity index (χ4v) is 2.50. The number of hydrogen-bond acceptors (Lipinski definition) is 1. The van der Waals surface area contributed by atoms with Crippen molar-refractivity contribution in [2.24, 2.45) is 0 Å². The lowest BCUT2D eigenvalue weighted by Gasteiger charge is -2.05. The van der Waals surface area contributed by atoms with Gasteiger partial charge in [0.15, 0.2) is 0 Å². The zero-order valence-corrected chi connectivity index (χ0v) is 12.0. The van der Waals surface area contributed by atoms with Gasteiger partial charge in [-0.25, -0.2) is 0 Å². The summed E-state index contributed by atoms with van der Waals surface area (Å²) in [6.07, 6.45) is 3.95. The van der Waals surface area contributed by atoms with Crippen LogP contribution in [0.2, 0.25) is 0 Å². The van der Waals surface area contributed by atoms with Gasteiger partial charge in [-0.3, -0.25) is 4.79 Å². The van der Waals surface area contributed by atoms with Crippen molar-refractivity contribution in [2.75, 3.05) is 5.32 Å². The fraction of sp³-hybridized carbons (Fsp3) is 0.167. The van der Waals surface area contributed by atoms with Crippen LogP contribution in [0, 0.1) is 0 Å². The minimum Gasteiger partial charge on any atom is -0.360 e. The van der Waals surface area contributed by atoms with E-state index in [1.165, 1.54) is 5.56 Å². The number of aromatic amines is 1. The van der Waals surface area contributed by atoms with E-state index in [0.717, 1.165) is 29.4 Å². The second kappa shape index (κ2) is 5.83. The third kappa shape index (κ3) is 2.82. The summed E-state index contributed by atoms with van der Waals surface area (Å²) in [5.41, 5.74) is 3.76. The normalized spacial score (nSPS) is 10.7. The molecule has 1 heterocycles. The zero-order chi connectivity index (χ0) is 14.7. The van der Waals surface area contributed by atoms with Crippen LogP contribution in [-0.4, -0.2) is 10.9 Å². The van der Waals surface area contributed by atoms with Crippen molar-refractivity contribution in [1.29, 1.82) is 0 Å². The molecular formula is C18H18N2O. The maximum atomic E-state index is 12.4. The van der Waals surface area contributed by atoms with Gasteiger partial charge in [-0.1, -0.05) is 43.7 Å². The molecule has 0 radical (unpaired) electrons. The zero-order valence-electron chi connectivity index (χ0n) is 12.0. The fourth-order valence-electron chi connectivity index (χ4n) is 2.50. The van der Waals surface area contributed by atoms with E-state index in [1.54, 1.807) is 6.20 Å². The van der Waals surface area contributed by atoms with Crippen LogP contribution in [0.1, 0.15) is 29.3 Å². The van der Waals surface area contributed by atoms with Gasteiger partial charge in [-0.15, -0.1) is 0 Å². The predicted molar refractivity (Wildman–Crippen MR) is 86.7 cm³/mol. The molecule has 3 aromatic rings. The molecule has 1 amide bonds. The lowest BCUT2D eigenvalue weighted by atomic mass is 10.1. The molecule has 3 heteroatoms. The van der Waals surface area contributed by atoms with E-state index >= 15 is 0 Å². The third-order valence-corrected chi connectivity index (χ3v) is 3.58. The highest BCUT2D eigenvalue weighted by molar-refractivity contribution is 6.12. The molecule has 0 aliphatic heterocycles. The third-order valence-electron chi connectivity index (χ3n) is 3.58. The molecule has 0 aliphatic carbocycles. The molecule has 0 spiro atoms. The Balaban J connectivity index is 1.79. The number of aryl methyl sites for hydroxylation is 1. The molecule has 0 fully saturated rings. The van der Waals surface area contributed by atoms with Crippen LogP contribution in [0.25, 0.3) is 10.9 Å². The smallest absolute Gasteiger partial charge is 0.257 e. The maximum Gasteiger partial charge on any atom is 0.257 e. The van der Waals surface area contributed by atoms with Crippen molar-refractivity contribution in [3.8, 4) is 0 Å². The van der Waals surface area contributed by atoms with E-state index < -0.39 is 0 Å². The van der Waals surface area contributed by atoms with Crippen LogP contribution in [0.15, 0.2) is 54.7 Å². The SMILES string of the molecule is CCCc1ccc(NC(=O)c2c[nH]c3ccccc23)cc1. The predicted octanol–water partition coefficient (Wildman–Crippen LogP) is 4.37. The van der Waals surface area contributed by atoms with E-state index in [4.69, 9.17) is 0 Å². The van der Waals surface area contributed by atoms with Gasteiger partial charge in [-0.05, 0) is 30.2 Å². The molecule has 3 rings (SSSR count). The van der Waals surface area contributed by atoms with Crippen LogP contribution in [-0.2, 0) is 6.42 Å². The number of amides is 1. The minimum atomic E-state index is -0.0873. The summed E-state index contributed by atoms with van der Waals surface area (Å²) < 4.78 is 0. The van der Waals surface area contributed by atoms with E-state index in [1.807, 2.05) is 36.4 Å². The molecule has 21 heavy (non-hydrogen) atoms. The first-order valence-corrected chi connectivity index (χ1v) is 7.24. The number of fused-ring (bicyclic) bond motifs is 1. The number of H-pyrrole nitrogens is 1. The number of benzene rings is 2. The van der Waals surface area contributed by atoms with E-state index in [-0.39, 0.29) is 5.91 Å². The van der Waals surface area contributed by atoms with Crippen molar-refractivity contribution in [1.82, 2.24) is 4.98 Å². The summed E-state index contributed by atoms with van der Waals surface area (Å²) in [7, 11) is 0. The van der Waals surface area contributed by atoms with Crippen LogP contribution < -0.4 is 5.32 Å². The molecule has 2 aromatic carbocycles. The van der Waals surface area contributed by atoms with E-state index in [0.29, 0.717) is 5.56 Å². The van der Waals surface area contributed by atoms with Gasteiger partial charge >= 0.3 is 0 Å². The van der Waals surface area contributed by atoms with Gasteiger partial charge in [0.05, 0.1) is 5.56 Å². The first kappa shape index (κ1) is 13.4. The molecule has 0 bridgehead atoms. The second-order valence-electron chi connectivity index (χ2n) is 5.15. The highest BCUT2D eigenvalue weighted by atomic mass is 16.1. The average Bonchev–Trinajstić information content (AvgIpc) is 2.93. The average molecular weight is 278 g/mol. The van der Waals surface area contributed by atoms with Gasteiger partial charge in [0.2, 0.25) is 0 Å². The highest BCUT2D eigenvalue weighted by Gasteiger charge is 2.11. The summed E-state index contributed by atoms with van der Waals surface area (Å²) in [6.45, 7) is 2.16. The number of para-hydroxylation sites is 1. The lowest BCUT2D eigenvalue weighted by Crippen LogP contribution is -2.11. The van der Waals surface area contributed by atoms with Crippen molar-refractivity contribution in [3.63, 3.8) is 0 Å². The quantitative estimate of drug-likeness (QED) is 0.731. The minimum absolute atomic E-state index is 0.0873. The number of hydrogen-bond donors (Lipinski definition) is 2. The second-order valence-corrected chi connectivity index (χ2v) is 5.15. The standard InChI is InChI=1S/C18H18N2O/c1-2-5-13-8-10-14(11-9-13)20-18(21)16-12-19-17-7-4-3-6-15(16)17/h3-4,6-12,19H,2,5H2,1H3,(H,20,21). The number of carbonyl (C=O) groups excluding carboxylic acids is 1. The van der Waals surface area contributed by atoms with Crippen molar-refractivity contribution in [3.05, 3.63) is 65.9 Å². The van der Waals surface area contributed by atoms with Crippen molar-refractivity contribution >= 4 is 22.5 Å². The van der Waals surface area contributed by atoms with Crippen LogP contribution in [0.4, 0.5) is 5.69 Å². The number of aromatic nitrogens is 1. The molecule has 0 saturated carbocycles. The molecule has 0 aliphatic rings. The molecule has 0 unspecified atom stereocenters. The Morgan fingerprint density at radius 2 is 1.86 bits per heavy atom. The lowest BCUT2D eigenvalue weighted by molar-refractivity contribution is 0.102. The Bertz CT molecular complexity index is 756. The van der Waals surface area contributed by atoms with Crippen molar-refractivity contribution in [2.45, 2.75) is 19.8 Å². The summed E-state index contributed by atoms with van der Waals surface area (Å²) in [6, 6.07) is 15.8. The summed E-state index contributed by atoms with van der Waals surface area (Å²) in [5, 5.41) is 3.89. The molecule has 1 aromatic heterocycles. The topological polar surface area (TPSA) is 44.9 Å². The Hall–Kier alpha value is -2.55. The molecule has 2 N–H and O–H groups in total. The first-order chi connectivity index (χ1) is 10.3. The Kier molecular flexibility index (Phi) is 3.73. The maximum absolute atomic E-state index is 12.4. The van der Waals surface area contributed by atoms with Crippen LogP contribution in [0.5, 0.6) is 0 Å². The Morgan fingerprint density at radius 1 is 1.10 bits per heavy atom. The monoisotopic (exact) mass is 278 g/mol. The van der Waals surface area contributed by atoms with Gasteiger partial charge < -0.3 is 10.3 Å². The molecule has 106 valence electrons. The molecular weight excluding hydrogens is 260 g/mol. The Labute approximate surface area is 124 Å². The van der Waals surface area contributed by atoms with Gasteiger partial charge in [0.25, 0.3) is 5.91 Å². The van der Waals surface area contributed by atoms with E-state index in [2.05, 4.69) is 29.4 Å².